The Hall–Kier alpha value is -0.300. The van der Waals surface area contributed by atoms with Gasteiger partial charge in [0.1, 0.15) is 13.2 Å². The zero-order chi connectivity index (χ0) is 23.3. The summed E-state index contributed by atoms with van der Waals surface area (Å²) in [5.74, 6) is -2.29. The first-order chi connectivity index (χ1) is 13.9. The minimum atomic E-state index is -2.89. The molecule has 0 unspecified atom stereocenters. The predicted octanol–water partition coefficient (Wildman–Crippen LogP) is 6.28. The molecule has 2 aliphatic rings. The van der Waals surface area contributed by atoms with E-state index in [9.17, 15) is 8.78 Å². The van der Waals surface area contributed by atoms with E-state index in [1.165, 1.54) is 0 Å². The lowest BCUT2D eigenvalue weighted by Gasteiger charge is -2.35. The van der Waals surface area contributed by atoms with Gasteiger partial charge in [0.05, 0.1) is 12.2 Å². The highest BCUT2D eigenvalue weighted by Gasteiger charge is 2.34. The van der Waals surface area contributed by atoms with E-state index in [0.29, 0.717) is 31.7 Å². The standard InChI is InChI=1S/C15H27F2NO3.4C2H6/c1-12-6-13(7-12)21-11-15(16,17)10-19-4-3-5-20-14-8-18(2)9-14;4*1-2/h12-14H,3-11H2,1-2H3;4*1-2H3. The average Bonchev–Trinajstić information content (AvgIpc) is 2.71. The monoisotopic (exact) mass is 427 g/mol. The number of ether oxygens (including phenoxy) is 3. The summed E-state index contributed by atoms with van der Waals surface area (Å²) >= 11 is 0. The SMILES string of the molecule is CC.CC.CC.CC.CC1CC(OCC(F)(F)COCCCOC2CN(C)C2)C1. The Morgan fingerprint density at radius 1 is 0.793 bits per heavy atom. The largest absolute Gasteiger partial charge is 0.375 e. The Morgan fingerprint density at radius 2 is 1.31 bits per heavy atom. The van der Waals surface area contributed by atoms with Crippen LogP contribution in [0.2, 0.25) is 0 Å². The molecule has 0 amide bonds. The second-order valence-electron chi connectivity index (χ2n) is 6.49. The predicted molar refractivity (Wildman–Crippen MR) is 121 cm³/mol. The fraction of sp³-hybridized carbons (Fsp3) is 1.00. The van der Waals surface area contributed by atoms with Gasteiger partial charge in [0.15, 0.2) is 0 Å². The van der Waals surface area contributed by atoms with Gasteiger partial charge in [-0.25, -0.2) is 8.78 Å². The molecular weight excluding hydrogens is 376 g/mol. The third-order valence-electron chi connectivity index (χ3n) is 3.99. The van der Waals surface area contributed by atoms with Gasteiger partial charge in [-0.2, -0.15) is 0 Å². The Morgan fingerprint density at radius 3 is 1.76 bits per heavy atom. The van der Waals surface area contributed by atoms with Crippen molar-refractivity contribution >= 4 is 0 Å². The van der Waals surface area contributed by atoms with Crippen LogP contribution in [-0.4, -0.2) is 69.6 Å². The van der Waals surface area contributed by atoms with Crippen molar-refractivity contribution < 1.29 is 23.0 Å². The van der Waals surface area contributed by atoms with Crippen LogP contribution in [0.5, 0.6) is 0 Å². The van der Waals surface area contributed by atoms with Crippen molar-refractivity contribution in [1.82, 2.24) is 4.90 Å². The quantitative estimate of drug-likeness (QED) is 0.384. The first-order valence-electron chi connectivity index (χ1n) is 11.8. The van der Waals surface area contributed by atoms with Gasteiger partial charge in [-0.05, 0) is 32.2 Å². The van der Waals surface area contributed by atoms with Gasteiger partial charge >= 0.3 is 0 Å². The summed E-state index contributed by atoms with van der Waals surface area (Å²) in [6.45, 7) is 19.8. The lowest BCUT2D eigenvalue weighted by molar-refractivity contribution is -0.154. The van der Waals surface area contributed by atoms with Gasteiger partial charge in [-0.1, -0.05) is 62.3 Å². The van der Waals surface area contributed by atoms with Crippen LogP contribution >= 0.6 is 0 Å². The van der Waals surface area contributed by atoms with Gasteiger partial charge in [0.25, 0.3) is 5.92 Å². The molecule has 2 rings (SSSR count). The van der Waals surface area contributed by atoms with Crippen LogP contribution in [0.15, 0.2) is 0 Å². The maximum absolute atomic E-state index is 13.5. The van der Waals surface area contributed by atoms with Gasteiger partial charge in [0, 0.05) is 26.3 Å². The minimum absolute atomic E-state index is 0.0138. The van der Waals surface area contributed by atoms with Crippen LogP contribution in [0.25, 0.3) is 0 Å². The molecule has 29 heavy (non-hydrogen) atoms. The Labute approximate surface area is 180 Å². The van der Waals surface area contributed by atoms with Gasteiger partial charge in [-0.3, -0.25) is 0 Å². The molecular formula is C23H51F2NO3. The van der Waals surface area contributed by atoms with E-state index >= 15 is 0 Å². The van der Waals surface area contributed by atoms with Crippen LogP contribution in [0.1, 0.15) is 81.6 Å². The van der Waals surface area contributed by atoms with E-state index in [2.05, 4.69) is 11.8 Å². The van der Waals surface area contributed by atoms with Gasteiger partial charge in [0.2, 0.25) is 0 Å². The van der Waals surface area contributed by atoms with Crippen LogP contribution in [-0.2, 0) is 14.2 Å². The molecule has 180 valence electrons. The molecule has 2 fully saturated rings. The highest BCUT2D eigenvalue weighted by molar-refractivity contribution is 4.78. The van der Waals surface area contributed by atoms with Crippen molar-refractivity contribution in [3.63, 3.8) is 0 Å². The van der Waals surface area contributed by atoms with Crippen LogP contribution < -0.4 is 0 Å². The van der Waals surface area contributed by atoms with Crippen molar-refractivity contribution in [2.75, 3.05) is 46.6 Å². The second-order valence-corrected chi connectivity index (χ2v) is 6.49. The molecule has 0 aromatic rings. The normalized spacial score (nSPS) is 20.7. The van der Waals surface area contributed by atoms with E-state index in [4.69, 9.17) is 14.2 Å². The summed E-state index contributed by atoms with van der Waals surface area (Å²) in [6.07, 6.45) is 2.75. The molecule has 0 atom stereocenters. The Balaban J connectivity index is -0.000000754. The molecule has 0 spiro atoms. The first-order valence-corrected chi connectivity index (χ1v) is 11.8. The lowest BCUT2D eigenvalue weighted by atomic mass is 9.84. The molecule has 1 saturated carbocycles. The number of nitrogens with zero attached hydrogens (tertiary/aromatic N) is 1. The Bertz CT molecular complexity index is 308. The number of hydrogen-bond acceptors (Lipinski definition) is 4. The van der Waals surface area contributed by atoms with E-state index < -0.39 is 19.1 Å². The van der Waals surface area contributed by atoms with E-state index in [1.807, 2.05) is 62.4 Å². The molecule has 0 radical (unpaired) electrons. The average molecular weight is 428 g/mol. The van der Waals surface area contributed by atoms with E-state index in [1.54, 1.807) is 0 Å². The van der Waals surface area contributed by atoms with Crippen molar-refractivity contribution in [3.05, 3.63) is 0 Å². The number of hydrogen-bond donors (Lipinski definition) is 0. The van der Waals surface area contributed by atoms with Crippen molar-refractivity contribution in [2.24, 2.45) is 5.92 Å². The zero-order valence-electron chi connectivity index (χ0n) is 21.0. The third kappa shape index (κ3) is 18.2. The summed E-state index contributed by atoms with van der Waals surface area (Å²) in [7, 11) is 2.04. The molecule has 0 aromatic heterocycles. The molecule has 0 aromatic carbocycles. The fourth-order valence-corrected chi connectivity index (χ4v) is 2.63. The molecule has 4 nitrogen and oxygen atoms in total. The molecule has 0 N–H and O–H groups in total. The number of likely N-dealkylation sites (tertiary alicyclic amines) is 1. The summed E-state index contributed by atoms with van der Waals surface area (Å²) in [5, 5.41) is 0. The maximum atomic E-state index is 13.5. The molecule has 1 aliphatic heterocycles. The minimum Gasteiger partial charge on any atom is -0.375 e. The van der Waals surface area contributed by atoms with Crippen molar-refractivity contribution in [1.29, 1.82) is 0 Å². The first kappa shape index (κ1) is 33.3. The summed E-state index contributed by atoms with van der Waals surface area (Å²) in [4.78, 5) is 2.17. The number of likely N-dealkylation sites (N-methyl/N-ethyl adjacent to an activating group) is 1. The van der Waals surface area contributed by atoms with Crippen molar-refractivity contribution in [2.45, 2.75) is 99.7 Å². The third-order valence-corrected chi connectivity index (χ3v) is 3.99. The van der Waals surface area contributed by atoms with Gasteiger partial charge in [-0.15, -0.1) is 0 Å². The fourth-order valence-electron chi connectivity index (χ4n) is 2.63. The lowest BCUT2D eigenvalue weighted by Crippen LogP contribution is -2.49. The molecule has 1 heterocycles. The maximum Gasteiger partial charge on any atom is 0.293 e. The molecule has 1 saturated heterocycles. The van der Waals surface area contributed by atoms with Crippen LogP contribution in [0, 0.1) is 5.92 Å². The summed E-state index contributed by atoms with van der Waals surface area (Å²) in [5.41, 5.74) is 0. The zero-order valence-corrected chi connectivity index (χ0v) is 21.0. The molecule has 0 bridgehead atoms. The smallest absolute Gasteiger partial charge is 0.293 e. The van der Waals surface area contributed by atoms with Crippen molar-refractivity contribution in [3.8, 4) is 0 Å². The number of halogens is 2. The highest BCUT2D eigenvalue weighted by atomic mass is 19.3. The topological polar surface area (TPSA) is 30.9 Å². The van der Waals surface area contributed by atoms with E-state index in [-0.39, 0.29) is 6.10 Å². The van der Waals surface area contributed by atoms with Gasteiger partial charge < -0.3 is 19.1 Å². The Kier molecular flexibility index (Phi) is 25.7. The van der Waals surface area contributed by atoms with E-state index in [0.717, 1.165) is 25.9 Å². The van der Waals surface area contributed by atoms with Crippen LogP contribution in [0.3, 0.4) is 0 Å². The number of alkyl halides is 2. The highest BCUT2D eigenvalue weighted by Crippen LogP contribution is 2.30. The second kappa shape index (κ2) is 22.4. The molecule has 6 heteroatoms. The number of rotatable bonds is 10. The summed E-state index contributed by atoms with van der Waals surface area (Å²) < 4.78 is 42.8. The molecule has 1 aliphatic carbocycles. The summed E-state index contributed by atoms with van der Waals surface area (Å²) in [6, 6.07) is 0. The van der Waals surface area contributed by atoms with Crippen LogP contribution in [0.4, 0.5) is 8.78 Å².